The van der Waals surface area contributed by atoms with E-state index >= 15 is 0 Å². The van der Waals surface area contributed by atoms with E-state index in [0.29, 0.717) is 0 Å². The third-order valence-corrected chi connectivity index (χ3v) is 4.01. The third kappa shape index (κ3) is 3.07. The topological polar surface area (TPSA) is 43.0 Å². The quantitative estimate of drug-likeness (QED) is 0.886. The van der Waals surface area contributed by atoms with E-state index in [4.69, 9.17) is 16.0 Å². The number of nitrogens with one attached hydrogen (secondary N) is 1. The first-order chi connectivity index (χ1) is 9.54. The van der Waals surface area contributed by atoms with Gasteiger partial charge in [-0.05, 0) is 38.4 Å². The fraction of sp³-hybridized carbons (Fsp3) is 0.533. The summed E-state index contributed by atoms with van der Waals surface area (Å²) < 4.78 is 7.50. The summed E-state index contributed by atoms with van der Waals surface area (Å²) in [4.78, 5) is 0. The predicted molar refractivity (Wildman–Crippen MR) is 81.1 cm³/mol. The van der Waals surface area contributed by atoms with Crippen molar-refractivity contribution >= 4 is 11.6 Å². The summed E-state index contributed by atoms with van der Waals surface area (Å²) >= 11 is 6.35. The molecule has 0 saturated carbocycles. The van der Waals surface area contributed by atoms with E-state index in [1.54, 1.807) is 6.26 Å². The van der Waals surface area contributed by atoms with E-state index < -0.39 is 0 Å². The minimum Gasteiger partial charge on any atom is -0.467 e. The van der Waals surface area contributed by atoms with Gasteiger partial charge in [0.05, 0.1) is 28.7 Å². The fourth-order valence-corrected chi connectivity index (χ4v) is 2.65. The highest BCUT2D eigenvalue weighted by atomic mass is 35.5. The maximum atomic E-state index is 6.35. The standard InChI is InChI=1S/C15H22ClN3O/c1-5-7-17-12(15-10(2)6-8-20-15)9-13-14(16)11(3)18-19(13)4/h6,8,12,17H,5,7,9H2,1-4H3. The molecule has 0 radical (unpaired) electrons. The summed E-state index contributed by atoms with van der Waals surface area (Å²) in [5.41, 5.74) is 3.07. The molecule has 0 saturated heterocycles. The summed E-state index contributed by atoms with van der Waals surface area (Å²) in [6, 6.07) is 2.11. The number of aromatic nitrogens is 2. The van der Waals surface area contributed by atoms with Crippen LogP contribution in [-0.2, 0) is 13.5 Å². The van der Waals surface area contributed by atoms with Gasteiger partial charge in [0, 0.05) is 13.5 Å². The molecule has 0 aliphatic heterocycles. The number of hydrogen-bond acceptors (Lipinski definition) is 3. The van der Waals surface area contributed by atoms with Crippen LogP contribution in [0.3, 0.4) is 0 Å². The molecule has 2 rings (SSSR count). The Morgan fingerprint density at radius 3 is 2.70 bits per heavy atom. The molecule has 5 heteroatoms. The molecule has 2 aromatic rings. The number of aryl methyl sites for hydroxylation is 3. The first kappa shape index (κ1) is 15.1. The van der Waals surface area contributed by atoms with Gasteiger partial charge in [0.15, 0.2) is 0 Å². The van der Waals surface area contributed by atoms with Crippen LogP contribution in [0.15, 0.2) is 16.7 Å². The van der Waals surface area contributed by atoms with Crippen LogP contribution < -0.4 is 5.32 Å². The van der Waals surface area contributed by atoms with Gasteiger partial charge in [-0.1, -0.05) is 18.5 Å². The average molecular weight is 296 g/mol. The van der Waals surface area contributed by atoms with E-state index in [1.165, 1.54) is 0 Å². The van der Waals surface area contributed by atoms with Crippen molar-refractivity contribution in [1.29, 1.82) is 0 Å². The van der Waals surface area contributed by atoms with Gasteiger partial charge >= 0.3 is 0 Å². The number of halogens is 1. The highest BCUT2D eigenvalue weighted by Crippen LogP contribution is 2.27. The zero-order valence-electron chi connectivity index (χ0n) is 12.5. The number of furan rings is 1. The average Bonchev–Trinajstić information content (AvgIpc) is 2.93. The first-order valence-corrected chi connectivity index (χ1v) is 7.37. The lowest BCUT2D eigenvalue weighted by Crippen LogP contribution is -2.25. The van der Waals surface area contributed by atoms with E-state index in [1.807, 2.05) is 24.7 Å². The van der Waals surface area contributed by atoms with Gasteiger partial charge in [-0.25, -0.2) is 0 Å². The molecule has 1 atom stereocenters. The smallest absolute Gasteiger partial charge is 0.123 e. The fourth-order valence-electron chi connectivity index (χ4n) is 2.41. The van der Waals surface area contributed by atoms with Gasteiger partial charge in [0.2, 0.25) is 0 Å². The highest BCUT2D eigenvalue weighted by molar-refractivity contribution is 6.31. The summed E-state index contributed by atoms with van der Waals surface area (Å²) in [6.07, 6.45) is 3.58. The van der Waals surface area contributed by atoms with Crippen LogP contribution in [0.4, 0.5) is 0 Å². The van der Waals surface area contributed by atoms with Crippen molar-refractivity contribution in [1.82, 2.24) is 15.1 Å². The van der Waals surface area contributed by atoms with Crippen molar-refractivity contribution in [3.05, 3.63) is 40.1 Å². The molecule has 2 aromatic heterocycles. The van der Waals surface area contributed by atoms with Crippen LogP contribution in [0.1, 0.15) is 42.1 Å². The summed E-state index contributed by atoms with van der Waals surface area (Å²) in [5, 5.41) is 8.66. The lowest BCUT2D eigenvalue weighted by molar-refractivity contribution is 0.402. The molecular formula is C15H22ClN3O. The van der Waals surface area contributed by atoms with Crippen LogP contribution in [-0.4, -0.2) is 16.3 Å². The molecule has 0 amide bonds. The molecule has 0 bridgehead atoms. The largest absolute Gasteiger partial charge is 0.467 e. The number of nitrogens with zero attached hydrogens (tertiary/aromatic N) is 2. The molecule has 0 fully saturated rings. The molecule has 2 heterocycles. The Balaban J connectivity index is 2.26. The lowest BCUT2D eigenvalue weighted by atomic mass is 10.1. The second kappa shape index (κ2) is 6.46. The zero-order valence-corrected chi connectivity index (χ0v) is 13.3. The van der Waals surface area contributed by atoms with Crippen molar-refractivity contribution in [3.63, 3.8) is 0 Å². The van der Waals surface area contributed by atoms with Crippen LogP contribution in [0.2, 0.25) is 5.02 Å². The number of rotatable bonds is 6. The minimum absolute atomic E-state index is 0.122. The summed E-state index contributed by atoms with van der Waals surface area (Å²) in [5.74, 6) is 0.980. The Bertz CT molecular complexity index is 574. The maximum Gasteiger partial charge on any atom is 0.123 e. The second-order valence-corrected chi connectivity index (χ2v) is 5.53. The van der Waals surface area contributed by atoms with Crippen molar-refractivity contribution in [2.75, 3.05) is 6.54 Å². The van der Waals surface area contributed by atoms with E-state index in [9.17, 15) is 0 Å². The molecule has 1 N–H and O–H groups in total. The monoisotopic (exact) mass is 295 g/mol. The van der Waals surface area contributed by atoms with Gasteiger partial charge < -0.3 is 9.73 Å². The van der Waals surface area contributed by atoms with Crippen LogP contribution in [0, 0.1) is 13.8 Å². The van der Waals surface area contributed by atoms with E-state index in [-0.39, 0.29) is 6.04 Å². The Hall–Kier alpha value is -1.26. The molecule has 4 nitrogen and oxygen atoms in total. The van der Waals surface area contributed by atoms with Crippen LogP contribution in [0.5, 0.6) is 0 Å². The zero-order chi connectivity index (χ0) is 14.7. The molecule has 0 aromatic carbocycles. The van der Waals surface area contributed by atoms with Gasteiger partial charge in [-0.15, -0.1) is 0 Å². The van der Waals surface area contributed by atoms with Crippen molar-refractivity contribution in [2.24, 2.45) is 7.05 Å². The van der Waals surface area contributed by atoms with Crippen molar-refractivity contribution in [2.45, 2.75) is 39.7 Å². The Morgan fingerprint density at radius 2 is 2.20 bits per heavy atom. The van der Waals surface area contributed by atoms with Crippen LogP contribution >= 0.6 is 11.6 Å². The summed E-state index contributed by atoms with van der Waals surface area (Å²) in [6.45, 7) is 7.09. The Labute approximate surface area is 125 Å². The van der Waals surface area contributed by atoms with Crippen molar-refractivity contribution < 1.29 is 4.42 Å². The normalized spacial score (nSPS) is 12.8. The van der Waals surface area contributed by atoms with Gasteiger partial charge in [-0.3, -0.25) is 4.68 Å². The molecular weight excluding hydrogens is 274 g/mol. The Kier molecular flexibility index (Phi) is 4.89. The SMILES string of the molecule is CCCNC(Cc1c(Cl)c(C)nn1C)c1occc1C. The Morgan fingerprint density at radius 1 is 1.45 bits per heavy atom. The molecule has 110 valence electrons. The van der Waals surface area contributed by atoms with Gasteiger partial charge in [-0.2, -0.15) is 5.10 Å². The van der Waals surface area contributed by atoms with Crippen LogP contribution in [0.25, 0.3) is 0 Å². The predicted octanol–water partition coefficient (Wildman–Crippen LogP) is 3.57. The lowest BCUT2D eigenvalue weighted by Gasteiger charge is -2.17. The molecule has 20 heavy (non-hydrogen) atoms. The molecule has 0 aliphatic rings. The second-order valence-electron chi connectivity index (χ2n) is 5.15. The molecule has 1 unspecified atom stereocenters. The molecule has 0 spiro atoms. The van der Waals surface area contributed by atoms with E-state index in [0.717, 1.165) is 47.1 Å². The maximum absolute atomic E-state index is 6.35. The molecule has 0 aliphatic carbocycles. The first-order valence-electron chi connectivity index (χ1n) is 7.00. The van der Waals surface area contributed by atoms with Crippen molar-refractivity contribution in [3.8, 4) is 0 Å². The van der Waals surface area contributed by atoms with Gasteiger partial charge in [0.1, 0.15) is 5.76 Å². The highest BCUT2D eigenvalue weighted by Gasteiger charge is 2.21. The van der Waals surface area contributed by atoms with Gasteiger partial charge in [0.25, 0.3) is 0 Å². The third-order valence-electron chi connectivity index (χ3n) is 3.52. The summed E-state index contributed by atoms with van der Waals surface area (Å²) in [7, 11) is 1.93. The van der Waals surface area contributed by atoms with E-state index in [2.05, 4.69) is 24.3 Å². The minimum atomic E-state index is 0.122. The number of hydrogen-bond donors (Lipinski definition) is 1.